The molecule has 0 radical (unpaired) electrons. The summed E-state index contributed by atoms with van der Waals surface area (Å²) in [5.41, 5.74) is 12.4. The van der Waals surface area contributed by atoms with Gasteiger partial charge in [-0.25, -0.2) is 4.98 Å². The zero-order valence-electron chi connectivity index (χ0n) is 33.0. The Balaban J connectivity index is 1.16. The maximum absolute atomic E-state index is 5.57. The molecule has 4 aromatic heterocycles. The summed E-state index contributed by atoms with van der Waals surface area (Å²) in [5.74, 6) is 2.14. The molecule has 0 atom stereocenters. The normalized spacial score (nSPS) is 11.6. The third kappa shape index (κ3) is 5.76. The third-order valence-corrected chi connectivity index (χ3v) is 11.8. The highest BCUT2D eigenvalue weighted by molar-refractivity contribution is 6.10. The van der Waals surface area contributed by atoms with Gasteiger partial charge in [-0.05, 0) is 82.9 Å². The van der Waals surface area contributed by atoms with Crippen LogP contribution in [0.5, 0.6) is 0 Å². The van der Waals surface area contributed by atoms with Crippen LogP contribution in [0.4, 0.5) is 0 Å². The Labute approximate surface area is 351 Å². The molecule has 286 valence electrons. The van der Waals surface area contributed by atoms with Gasteiger partial charge in [0.1, 0.15) is 11.5 Å². The summed E-state index contributed by atoms with van der Waals surface area (Å²) in [6, 6.07) is 76.9. The van der Waals surface area contributed by atoms with Crippen LogP contribution < -0.4 is 0 Å². The number of benzene rings is 8. The summed E-state index contributed by atoms with van der Waals surface area (Å²) in [4.78, 5) is 5.57. The standard InChI is InChI=1S/C55H36N6/c1-4-18-37(19-5-1)39-32-40(38-20-6-2-7-21-38)34-41(33-39)54-57-58-55(60(54)42-22-8-3-9-23-42)48-35-43(59-49-28-14-10-24-44(49)45-25-11-15-29-50(45)59)36-53(56-48)61-51-30-16-12-26-46(51)47-27-13-17-31-52(47)61/h1-36H. The van der Waals surface area contributed by atoms with Gasteiger partial charge in [-0.2, -0.15) is 0 Å². The third-order valence-electron chi connectivity index (χ3n) is 11.8. The Morgan fingerprint density at radius 3 is 1.20 bits per heavy atom. The summed E-state index contributed by atoms with van der Waals surface area (Å²) >= 11 is 0. The number of hydrogen-bond donors (Lipinski definition) is 0. The maximum Gasteiger partial charge on any atom is 0.187 e. The van der Waals surface area contributed by atoms with E-state index in [4.69, 9.17) is 15.2 Å². The molecule has 0 aliphatic carbocycles. The van der Waals surface area contributed by atoms with Gasteiger partial charge in [-0.3, -0.25) is 9.13 Å². The summed E-state index contributed by atoms with van der Waals surface area (Å²) in [6.45, 7) is 0. The number of hydrogen-bond acceptors (Lipinski definition) is 3. The second-order valence-corrected chi connectivity index (χ2v) is 15.4. The largest absolute Gasteiger partial charge is 0.309 e. The van der Waals surface area contributed by atoms with Crippen molar-refractivity contribution in [2.24, 2.45) is 0 Å². The number of nitrogens with zero attached hydrogens (tertiary/aromatic N) is 6. The highest BCUT2D eigenvalue weighted by atomic mass is 15.3. The molecule has 0 aliphatic rings. The maximum atomic E-state index is 5.57. The Hall–Kier alpha value is -8.35. The number of pyridine rings is 1. The van der Waals surface area contributed by atoms with Crippen molar-refractivity contribution in [1.82, 2.24) is 28.9 Å². The first-order valence-electron chi connectivity index (χ1n) is 20.5. The monoisotopic (exact) mass is 780 g/mol. The van der Waals surface area contributed by atoms with E-state index in [2.05, 4.69) is 226 Å². The van der Waals surface area contributed by atoms with Gasteiger partial charge >= 0.3 is 0 Å². The molecule has 0 amide bonds. The van der Waals surface area contributed by atoms with E-state index in [-0.39, 0.29) is 0 Å². The minimum Gasteiger partial charge on any atom is -0.309 e. The first-order valence-corrected chi connectivity index (χ1v) is 20.5. The zero-order valence-corrected chi connectivity index (χ0v) is 33.0. The Morgan fingerprint density at radius 1 is 0.279 bits per heavy atom. The van der Waals surface area contributed by atoms with Crippen LogP contribution >= 0.6 is 0 Å². The molecule has 0 saturated heterocycles. The lowest BCUT2D eigenvalue weighted by molar-refractivity contribution is 1.02. The van der Waals surface area contributed by atoms with Gasteiger partial charge in [0.2, 0.25) is 0 Å². The van der Waals surface area contributed by atoms with Crippen molar-refractivity contribution >= 4 is 43.6 Å². The lowest BCUT2D eigenvalue weighted by atomic mass is 9.96. The molecule has 61 heavy (non-hydrogen) atoms. The molecule has 0 aliphatic heterocycles. The molecule has 4 heterocycles. The fraction of sp³-hybridized carbons (Fsp3) is 0. The number of fused-ring (bicyclic) bond motifs is 6. The van der Waals surface area contributed by atoms with Crippen molar-refractivity contribution in [2.45, 2.75) is 0 Å². The predicted octanol–water partition coefficient (Wildman–Crippen LogP) is 13.5. The highest BCUT2D eigenvalue weighted by Crippen LogP contribution is 2.39. The van der Waals surface area contributed by atoms with E-state index in [1.54, 1.807) is 0 Å². The van der Waals surface area contributed by atoms with Crippen LogP contribution in [-0.4, -0.2) is 28.9 Å². The molecule has 0 unspecified atom stereocenters. The minimum absolute atomic E-state index is 0.636. The van der Waals surface area contributed by atoms with E-state index in [1.807, 2.05) is 6.07 Å². The Bertz CT molecular complexity index is 3280. The van der Waals surface area contributed by atoms with Gasteiger partial charge in [-0.1, -0.05) is 152 Å². The van der Waals surface area contributed by atoms with Crippen LogP contribution in [0.1, 0.15) is 0 Å². The number of rotatable bonds is 7. The van der Waals surface area contributed by atoms with Gasteiger partial charge in [0.05, 0.1) is 27.8 Å². The first kappa shape index (κ1) is 34.7. The van der Waals surface area contributed by atoms with Gasteiger partial charge in [0.25, 0.3) is 0 Å². The molecule has 0 spiro atoms. The average molecular weight is 781 g/mol. The summed E-state index contributed by atoms with van der Waals surface area (Å²) < 4.78 is 6.80. The van der Waals surface area contributed by atoms with Crippen molar-refractivity contribution in [3.05, 3.63) is 218 Å². The molecule has 0 N–H and O–H groups in total. The van der Waals surface area contributed by atoms with Crippen molar-refractivity contribution in [3.8, 4) is 62.4 Å². The molecule has 12 aromatic rings. The Morgan fingerprint density at radius 2 is 0.689 bits per heavy atom. The lowest BCUT2D eigenvalue weighted by Gasteiger charge is -2.16. The van der Waals surface area contributed by atoms with Crippen LogP contribution in [0.15, 0.2) is 218 Å². The summed E-state index contributed by atoms with van der Waals surface area (Å²) in [6.07, 6.45) is 0. The van der Waals surface area contributed by atoms with Crippen LogP contribution in [0.2, 0.25) is 0 Å². The molecule has 8 aromatic carbocycles. The molecule has 6 nitrogen and oxygen atoms in total. The van der Waals surface area contributed by atoms with E-state index in [0.717, 1.165) is 72.9 Å². The van der Waals surface area contributed by atoms with Gasteiger partial charge in [0, 0.05) is 38.9 Å². The van der Waals surface area contributed by atoms with E-state index < -0.39 is 0 Å². The van der Waals surface area contributed by atoms with Crippen molar-refractivity contribution in [1.29, 1.82) is 0 Å². The quantitative estimate of drug-likeness (QED) is 0.162. The fourth-order valence-electron chi connectivity index (χ4n) is 9.04. The van der Waals surface area contributed by atoms with E-state index >= 15 is 0 Å². The van der Waals surface area contributed by atoms with Crippen molar-refractivity contribution in [3.63, 3.8) is 0 Å². The summed E-state index contributed by atoms with van der Waals surface area (Å²) in [5, 5.41) is 14.9. The zero-order chi connectivity index (χ0) is 40.3. The van der Waals surface area contributed by atoms with Gasteiger partial charge in [-0.15, -0.1) is 10.2 Å². The summed E-state index contributed by atoms with van der Waals surface area (Å²) in [7, 11) is 0. The van der Waals surface area contributed by atoms with Crippen molar-refractivity contribution < 1.29 is 0 Å². The second-order valence-electron chi connectivity index (χ2n) is 15.4. The number of aromatic nitrogens is 6. The molecule has 12 rings (SSSR count). The van der Waals surface area contributed by atoms with Crippen LogP contribution in [0.3, 0.4) is 0 Å². The molecular weight excluding hydrogens is 745 g/mol. The molecule has 0 bridgehead atoms. The Kier molecular flexibility index (Phi) is 8.06. The van der Waals surface area contributed by atoms with Gasteiger partial charge in [0.15, 0.2) is 11.6 Å². The minimum atomic E-state index is 0.636. The average Bonchev–Trinajstić information content (AvgIpc) is 4.03. The molecular formula is C55H36N6. The predicted molar refractivity (Wildman–Crippen MR) is 250 cm³/mol. The van der Waals surface area contributed by atoms with E-state index in [1.165, 1.54) is 21.5 Å². The molecule has 0 fully saturated rings. The van der Waals surface area contributed by atoms with Crippen molar-refractivity contribution in [2.75, 3.05) is 0 Å². The highest BCUT2D eigenvalue weighted by Gasteiger charge is 2.23. The fourth-order valence-corrected chi connectivity index (χ4v) is 9.04. The van der Waals surface area contributed by atoms with Crippen LogP contribution in [-0.2, 0) is 0 Å². The lowest BCUT2D eigenvalue weighted by Crippen LogP contribution is -2.06. The number of para-hydroxylation sites is 5. The SMILES string of the molecule is c1ccc(-c2cc(-c3ccccc3)cc(-c3nnc(-c4cc(-n5c6ccccc6c6ccccc65)cc(-n5c6ccccc6c6ccccc65)n4)n3-c3ccccc3)c2)cc1. The molecule has 6 heteroatoms. The smallest absolute Gasteiger partial charge is 0.187 e. The second kappa shape index (κ2) is 14.2. The first-order chi connectivity index (χ1) is 30.3. The topological polar surface area (TPSA) is 53.5 Å². The van der Waals surface area contributed by atoms with E-state index in [9.17, 15) is 0 Å². The van der Waals surface area contributed by atoms with E-state index in [0.29, 0.717) is 11.5 Å². The van der Waals surface area contributed by atoms with Crippen LogP contribution in [0, 0.1) is 0 Å². The van der Waals surface area contributed by atoms with Crippen LogP contribution in [0.25, 0.3) is 106 Å². The van der Waals surface area contributed by atoms with Gasteiger partial charge < -0.3 is 4.57 Å². The molecule has 0 saturated carbocycles.